The van der Waals surface area contributed by atoms with E-state index in [-0.39, 0.29) is 12.0 Å². The monoisotopic (exact) mass is 349 g/mol. The number of aryl methyl sites for hydroxylation is 2. The van der Waals surface area contributed by atoms with Gasteiger partial charge in [0.1, 0.15) is 17.4 Å². The van der Waals surface area contributed by atoms with Crippen LogP contribution in [0.15, 0.2) is 36.4 Å². The molecule has 0 radical (unpaired) electrons. The van der Waals surface area contributed by atoms with E-state index in [4.69, 9.17) is 9.72 Å². The van der Waals surface area contributed by atoms with Gasteiger partial charge in [0.15, 0.2) is 5.75 Å². The highest BCUT2D eigenvalue weighted by Gasteiger charge is 2.29. The number of fused-ring (bicyclic) bond motifs is 3. The average Bonchev–Trinajstić information content (AvgIpc) is 2.95. The number of carbonyl (C=O) groups excluding carboxylic acids is 1. The molecular formula is C21H23N3O2. The van der Waals surface area contributed by atoms with Gasteiger partial charge in [-0.25, -0.2) is 4.98 Å². The Morgan fingerprint density at radius 1 is 1.31 bits per heavy atom. The van der Waals surface area contributed by atoms with E-state index in [1.165, 1.54) is 5.56 Å². The van der Waals surface area contributed by atoms with E-state index in [1.807, 2.05) is 43.8 Å². The van der Waals surface area contributed by atoms with Gasteiger partial charge in [0.05, 0.1) is 11.2 Å². The SMILES string of the molecule is CC(=O)N(C)c1cc2c(nc(C)n2C)c2c1CCC(c1ccccc1)O2. The number of anilines is 1. The molecule has 4 rings (SSSR count). The molecule has 5 heteroatoms. The Morgan fingerprint density at radius 3 is 2.73 bits per heavy atom. The van der Waals surface area contributed by atoms with Crippen molar-refractivity contribution >= 4 is 22.6 Å². The number of hydrogen-bond donors (Lipinski definition) is 0. The van der Waals surface area contributed by atoms with Crippen LogP contribution >= 0.6 is 0 Å². The van der Waals surface area contributed by atoms with Crippen molar-refractivity contribution in [1.29, 1.82) is 0 Å². The first-order valence-corrected chi connectivity index (χ1v) is 8.92. The van der Waals surface area contributed by atoms with Crippen LogP contribution in [0.3, 0.4) is 0 Å². The number of amides is 1. The predicted octanol–water partition coefficient (Wildman–Crippen LogP) is 3.93. The van der Waals surface area contributed by atoms with Crippen LogP contribution in [0.1, 0.15) is 36.4 Å². The highest BCUT2D eigenvalue weighted by Crippen LogP contribution is 2.44. The lowest BCUT2D eigenvalue weighted by Crippen LogP contribution is -2.26. The van der Waals surface area contributed by atoms with Gasteiger partial charge in [-0.1, -0.05) is 30.3 Å². The van der Waals surface area contributed by atoms with Gasteiger partial charge in [-0.05, 0) is 31.4 Å². The van der Waals surface area contributed by atoms with E-state index in [9.17, 15) is 4.79 Å². The molecule has 0 saturated heterocycles. The number of carbonyl (C=O) groups is 1. The number of nitrogens with zero attached hydrogens (tertiary/aromatic N) is 3. The molecule has 5 nitrogen and oxygen atoms in total. The molecule has 1 unspecified atom stereocenters. The van der Waals surface area contributed by atoms with Gasteiger partial charge in [-0.15, -0.1) is 0 Å². The first kappa shape index (κ1) is 16.6. The first-order chi connectivity index (χ1) is 12.5. The summed E-state index contributed by atoms with van der Waals surface area (Å²) in [4.78, 5) is 18.4. The fourth-order valence-corrected chi connectivity index (χ4v) is 3.65. The fraction of sp³-hybridized carbons (Fsp3) is 0.333. The molecule has 2 aromatic carbocycles. The van der Waals surface area contributed by atoms with Gasteiger partial charge in [0.2, 0.25) is 5.91 Å². The summed E-state index contributed by atoms with van der Waals surface area (Å²) < 4.78 is 8.50. The molecule has 0 aliphatic carbocycles. The minimum Gasteiger partial charge on any atom is -0.483 e. The van der Waals surface area contributed by atoms with Crippen LogP contribution in [0.5, 0.6) is 5.75 Å². The van der Waals surface area contributed by atoms with Crippen LogP contribution < -0.4 is 9.64 Å². The molecule has 0 N–H and O–H groups in total. The van der Waals surface area contributed by atoms with Crippen LogP contribution in [0.25, 0.3) is 11.0 Å². The minimum atomic E-state index is 0.00657. The number of aromatic nitrogens is 2. The van der Waals surface area contributed by atoms with Gasteiger partial charge in [0, 0.05) is 26.6 Å². The second-order valence-corrected chi connectivity index (χ2v) is 6.92. The van der Waals surface area contributed by atoms with Gasteiger partial charge < -0.3 is 14.2 Å². The zero-order valence-electron chi connectivity index (χ0n) is 15.6. The van der Waals surface area contributed by atoms with Crippen LogP contribution in [-0.4, -0.2) is 22.5 Å². The second-order valence-electron chi connectivity index (χ2n) is 6.92. The summed E-state index contributed by atoms with van der Waals surface area (Å²) >= 11 is 0. The average molecular weight is 349 g/mol. The Hall–Kier alpha value is -2.82. The Morgan fingerprint density at radius 2 is 2.04 bits per heavy atom. The summed E-state index contributed by atoms with van der Waals surface area (Å²) in [7, 11) is 3.81. The molecule has 0 fully saturated rings. The smallest absolute Gasteiger partial charge is 0.223 e. The summed E-state index contributed by atoms with van der Waals surface area (Å²) in [5, 5.41) is 0. The quantitative estimate of drug-likeness (QED) is 0.704. The molecule has 26 heavy (non-hydrogen) atoms. The van der Waals surface area contributed by atoms with Crippen molar-refractivity contribution in [3.05, 3.63) is 53.3 Å². The highest BCUT2D eigenvalue weighted by atomic mass is 16.5. The Balaban J connectivity index is 1.90. The van der Waals surface area contributed by atoms with E-state index >= 15 is 0 Å². The van der Waals surface area contributed by atoms with Crippen molar-refractivity contribution < 1.29 is 9.53 Å². The summed E-state index contributed by atoms with van der Waals surface area (Å²) in [5.74, 6) is 1.75. The van der Waals surface area contributed by atoms with E-state index in [1.54, 1.807) is 11.8 Å². The molecule has 0 bridgehead atoms. The second kappa shape index (κ2) is 6.16. The number of rotatable bonds is 2. The lowest BCUT2D eigenvalue weighted by atomic mass is 9.95. The lowest BCUT2D eigenvalue weighted by Gasteiger charge is -2.30. The largest absolute Gasteiger partial charge is 0.483 e. The van der Waals surface area contributed by atoms with Crippen LogP contribution in [0.2, 0.25) is 0 Å². The van der Waals surface area contributed by atoms with Crippen molar-refractivity contribution in [2.45, 2.75) is 32.8 Å². The van der Waals surface area contributed by atoms with Crippen molar-refractivity contribution in [2.75, 3.05) is 11.9 Å². The number of ether oxygens (including phenoxy) is 1. The first-order valence-electron chi connectivity index (χ1n) is 8.92. The fourth-order valence-electron chi connectivity index (χ4n) is 3.65. The van der Waals surface area contributed by atoms with Crippen molar-refractivity contribution in [2.24, 2.45) is 7.05 Å². The maximum Gasteiger partial charge on any atom is 0.223 e. The normalized spacial score (nSPS) is 16.2. The molecule has 1 aliphatic heterocycles. The molecule has 0 spiro atoms. The van der Waals surface area contributed by atoms with Crippen LogP contribution in [0.4, 0.5) is 5.69 Å². The van der Waals surface area contributed by atoms with E-state index in [2.05, 4.69) is 18.2 Å². The predicted molar refractivity (Wildman–Crippen MR) is 103 cm³/mol. The zero-order chi connectivity index (χ0) is 18.4. The number of imidazole rings is 1. The van der Waals surface area contributed by atoms with Crippen molar-refractivity contribution in [1.82, 2.24) is 9.55 Å². The standard InChI is InChI=1S/C21H23N3O2/c1-13-22-20-18(23(13)3)12-17(24(4)14(2)25)16-10-11-19(26-21(16)20)15-8-6-5-7-9-15/h5-9,12,19H,10-11H2,1-4H3. The third-order valence-electron chi connectivity index (χ3n) is 5.36. The van der Waals surface area contributed by atoms with Crippen molar-refractivity contribution in [3.63, 3.8) is 0 Å². The minimum absolute atomic E-state index is 0.00657. The van der Waals surface area contributed by atoms with Gasteiger partial charge in [0.25, 0.3) is 0 Å². The van der Waals surface area contributed by atoms with Crippen LogP contribution in [-0.2, 0) is 18.3 Å². The van der Waals surface area contributed by atoms with Crippen LogP contribution in [0, 0.1) is 6.92 Å². The summed E-state index contributed by atoms with van der Waals surface area (Å²) in [6.45, 7) is 3.57. The van der Waals surface area contributed by atoms with E-state index in [0.717, 1.165) is 46.7 Å². The Labute approximate surface area is 153 Å². The molecule has 1 atom stereocenters. The molecule has 2 heterocycles. The molecule has 1 amide bonds. The Kier molecular flexibility index (Phi) is 3.94. The van der Waals surface area contributed by atoms with Gasteiger partial charge in [-0.3, -0.25) is 4.79 Å². The van der Waals surface area contributed by atoms with Gasteiger partial charge in [-0.2, -0.15) is 0 Å². The highest BCUT2D eigenvalue weighted by molar-refractivity contribution is 5.97. The summed E-state index contributed by atoms with van der Waals surface area (Å²) in [6, 6.07) is 12.3. The molecular weight excluding hydrogens is 326 g/mol. The third-order valence-corrected chi connectivity index (χ3v) is 5.36. The van der Waals surface area contributed by atoms with E-state index < -0.39 is 0 Å². The molecule has 1 aromatic heterocycles. The maximum atomic E-state index is 12.0. The Bertz CT molecular complexity index is 992. The van der Waals surface area contributed by atoms with E-state index in [0.29, 0.717) is 0 Å². The molecule has 134 valence electrons. The number of benzene rings is 2. The molecule has 1 aliphatic rings. The summed E-state index contributed by atoms with van der Waals surface area (Å²) in [6.07, 6.45) is 1.74. The lowest BCUT2D eigenvalue weighted by molar-refractivity contribution is -0.116. The maximum absolute atomic E-state index is 12.0. The number of hydrogen-bond acceptors (Lipinski definition) is 3. The molecule has 0 saturated carbocycles. The third kappa shape index (κ3) is 2.55. The van der Waals surface area contributed by atoms with Crippen molar-refractivity contribution in [3.8, 4) is 5.75 Å². The van der Waals surface area contributed by atoms with Gasteiger partial charge >= 0.3 is 0 Å². The zero-order valence-corrected chi connectivity index (χ0v) is 15.6. The summed E-state index contributed by atoms with van der Waals surface area (Å²) in [5.41, 5.74) is 5.01. The molecule has 3 aromatic rings. The topological polar surface area (TPSA) is 47.4 Å².